The number of hydrogen-bond donors (Lipinski definition) is 1. The molecule has 0 aliphatic heterocycles. The number of rotatable bonds is 5. The number of aromatic nitrogens is 2. The van der Waals surface area contributed by atoms with Gasteiger partial charge in [0.15, 0.2) is 0 Å². The zero-order chi connectivity index (χ0) is 15.4. The third-order valence-corrected chi connectivity index (χ3v) is 3.48. The van der Waals surface area contributed by atoms with Crippen molar-refractivity contribution >= 4 is 5.97 Å². The molecule has 22 heavy (non-hydrogen) atoms. The molecular weight excluding hydrogens is 276 g/mol. The van der Waals surface area contributed by atoms with Crippen molar-refractivity contribution in [3.8, 4) is 11.3 Å². The van der Waals surface area contributed by atoms with E-state index in [0.717, 1.165) is 22.4 Å². The maximum atomic E-state index is 11.1. The van der Waals surface area contributed by atoms with Gasteiger partial charge >= 0.3 is 5.97 Å². The number of carboxylic acid groups (broad SMARTS) is 1. The van der Waals surface area contributed by atoms with Crippen molar-refractivity contribution < 1.29 is 9.90 Å². The SMILES string of the molecule is O=C(O)Cc1cnn(Cc2ccccc2)c1-c1ccccc1. The predicted octanol–water partition coefficient (Wildman–Crippen LogP) is 3.23. The van der Waals surface area contributed by atoms with Gasteiger partial charge in [0.05, 0.1) is 24.9 Å². The predicted molar refractivity (Wildman–Crippen MR) is 84.5 cm³/mol. The molecule has 1 heterocycles. The van der Waals surface area contributed by atoms with E-state index in [2.05, 4.69) is 5.10 Å². The lowest BCUT2D eigenvalue weighted by atomic mass is 10.1. The number of carboxylic acids is 1. The second-order valence-electron chi connectivity index (χ2n) is 5.10. The van der Waals surface area contributed by atoms with Crippen LogP contribution in [0.4, 0.5) is 0 Å². The van der Waals surface area contributed by atoms with Crippen LogP contribution in [0.15, 0.2) is 66.9 Å². The van der Waals surface area contributed by atoms with Gasteiger partial charge in [0, 0.05) is 11.1 Å². The summed E-state index contributed by atoms with van der Waals surface area (Å²) in [6.45, 7) is 0.616. The summed E-state index contributed by atoms with van der Waals surface area (Å²) in [6.07, 6.45) is 1.62. The quantitative estimate of drug-likeness (QED) is 0.785. The summed E-state index contributed by atoms with van der Waals surface area (Å²) in [4.78, 5) is 11.1. The topological polar surface area (TPSA) is 55.1 Å². The first-order valence-corrected chi connectivity index (χ1v) is 7.10. The van der Waals surface area contributed by atoms with Gasteiger partial charge in [0.25, 0.3) is 0 Å². The Bertz CT molecular complexity index is 764. The van der Waals surface area contributed by atoms with Gasteiger partial charge in [0.2, 0.25) is 0 Å². The molecule has 0 saturated carbocycles. The number of nitrogens with zero attached hydrogens (tertiary/aromatic N) is 2. The second-order valence-corrected chi connectivity index (χ2v) is 5.10. The summed E-state index contributed by atoms with van der Waals surface area (Å²) in [7, 11) is 0. The summed E-state index contributed by atoms with van der Waals surface area (Å²) in [5.41, 5.74) is 3.71. The fraction of sp³-hybridized carbons (Fsp3) is 0.111. The number of aliphatic carboxylic acids is 1. The molecule has 0 unspecified atom stereocenters. The smallest absolute Gasteiger partial charge is 0.307 e. The molecule has 0 radical (unpaired) electrons. The number of benzene rings is 2. The molecule has 0 amide bonds. The Morgan fingerprint density at radius 2 is 1.64 bits per heavy atom. The average molecular weight is 292 g/mol. The van der Waals surface area contributed by atoms with Crippen molar-refractivity contribution in [1.29, 1.82) is 0 Å². The summed E-state index contributed by atoms with van der Waals surface area (Å²) < 4.78 is 1.86. The largest absolute Gasteiger partial charge is 0.481 e. The van der Waals surface area contributed by atoms with Gasteiger partial charge in [-0.2, -0.15) is 5.10 Å². The molecule has 3 rings (SSSR count). The van der Waals surface area contributed by atoms with E-state index in [9.17, 15) is 4.79 Å². The highest BCUT2D eigenvalue weighted by molar-refractivity contribution is 5.75. The van der Waals surface area contributed by atoms with Crippen LogP contribution in [0, 0.1) is 0 Å². The normalized spacial score (nSPS) is 10.5. The van der Waals surface area contributed by atoms with E-state index in [0.29, 0.717) is 6.54 Å². The third-order valence-electron chi connectivity index (χ3n) is 3.48. The van der Waals surface area contributed by atoms with Crippen LogP contribution in [0.2, 0.25) is 0 Å². The lowest BCUT2D eigenvalue weighted by Gasteiger charge is -2.10. The third kappa shape index (κ3) is 3.06. The van der Waals surface area contributed by atoms with Gasteiger partial charge in [-0.05, 0) is 5.56 Å². The number of carbonyl (C=O) groups is 1. The molecule has 0 bridgehead atoms. The van der Waals surface area contributed by atoms with Crippen LogP contribution in [-0.4, -0.2) is 20.9 Å². The molecule has 110 valence electrons. The highest BCUT2D eigenvalue weighted by Crippen LogP contribution is 2.25. The first-order valence-electron chi connectivity index (χ1n) is 7.10. The van der Waals surface area contributed by atoms with E-state index in [4.69, 9.17) is 5.11 Å². The van der Waals surface area contributed by atoms with Crippen molar-refractivity contribution in [2.24, 2.45) is 0 Å². The van der Waals surface area contributed by atoms with Crippen molar-refractivity contribution in [3.63, 3.8) is 0 Å². The molecule has 4 nitrogen and oxygen atoms in total. The molecule has 0 spiro atoms. The minimum Gasteiger partial charge on any atom is -0.481 e. The molecule has 1 N–H and O–H groups in total. The van der Waals surface area contributed by atoms with Crippen molar-refractivity contribution in [3.05, 3.63) is 78.0 Å². The molecule has 0 fully saturated rings. The van der Waals surface area contributed by atoms with Crippen LogP contribution in [0.1, 0.15) is 11.1 Å². The van der Waals surface area contributed by atoms with Crippen LogP contribution in [0.3, 0.4) is 0 Å². The Morgan fingerprint density at radius 1 is 1.00 bits per heavy atom. The fourth-order valence-electron chi connectivity index (χ4n) is 2.52. The zero-order valence-corrected chi connectivity index (χ0v) is 12.0. The Kier molecular flexibility index (Phi) is 4.01. The maximum absolute atomic E-state index is 11.1. The molecule has 1 aromatic heterocycles. The van der Waals surface area contributed by atoms with E-state index < -0.39 is 5.97 Å². The molecule has 0 aliphatic rings. The Hall–Kier alpha value is -2.88. The van der Waals surface area contributed by atoms with Crippen LogP contribution in [-0.2, 0) is 17.8 Å². The molecule has 0 saturated heterocycles. The van der Waals surface area contributed by atoms with Crippen LogP contribution in [0.5, 0.6) is 0 Å². The maximum Gasteiger partial charge on any atom is 0.307 e. The summed E-state index contributed by atoms with van der Waals surface area (Å²) in [5, 5.41) is 13.5. The average Bonchev–Trinajstić information content (AvgIpc) is 2.91. The van der Waals surface area contributed by atoms with E-state index in [1.807, 2.05) is 65.3 Å². The van der Waals surface area contributed by atoms with Gasteiger partial charge in [-0.3, -0.25) is 9.48 Å². The molecule has 0 aliphatic carbocycles. The lowest BCUT2D eigenvalue weighted by molar-refractivity contribution is -0.136. The Morgan fingerprint density at radius 3 is 2.27 bits per heavy atom. The first-order chi connectivity index (χ1) is 10.7. The second kappa shape index (κ2) is 6.26. The van der Waals surface area contributed by atoms with Gasteiger partial charge < -0.3 is 5.11 Å². The molecule has 2 aromatic carbocycles. The van der Waals surface area contributed by atoms with E-state index in [1.54, 1.807) is 6.20 Å². The lowest BCUT2D eigenvalue weighted by Crippen LogP contribution is -2.06. The number of hydrogen-bond acceptors (Lipinski definition) is 2. The molecule has 0 atom stereocenters. The minimum absolute atomic E-state index is 0.0288. The van der Waals surface area contributed by atoms with Gasteiger partial charge in [-0.1, -0.05) is 60.7 Å². The summed E-state index contributed by atoms with van der Waals surface area (Å²) in [5.74, 6) is -0.851. The van der Waals surface area contributed by atoms with E-state index in [1.165, 1.54) is 0 Å². The van der Waals surface area contributed by atoms with Crippen LogP contribution >= 0.6 is 0 Å². The highest BCUT2D eigenvalue weighted by Gasteiger charge is 2.15. The molecule has 4 heteroatoms. The Balaban J connectivity index is 2.03. The van der Waals surface area contributed by atoms with Crippen molar-refractivity contribution in [2.45, 2.75) is 13.0 Å². The highest BCUT2D eigenvalue weighted by atomic mass is 16.4. The summed E-state index contributed by atoms with van der Waals surface area (Å²) >= 11 is 0. The summed E-state index contributed by atoms with van der Waals surface area (Å²) in [6, 6.07) is 19.8. The minimum atomic E-state index is -0.851. The first kappa shape index (κ1) is 14.1. The van der Waals surface area contributed by atoms with E-state index >= 15 is 0 Å². The zero-order valence-electron chi connectivity index (χ0n) is 12.0. The van der Waals surface area contributed by atoms with Crippen molar-refractivity contribution in [1.82, 2.24) is 9.78 Å². The monoisotopic (exact) mass is 292 g/mol. The van der Waals surface area contributed by atoms with E-state index in [-0.39, 0.29) is 6.42 Å². The van der Waals surface area contributed by atoms with Crippen LogP contribution < -0.4 is 0 Å². The van der Waals surface area contributed by atoms with Crippen LogP contribution in [0.25, 0.3) is 11.3 Å². The standard InChI is InChI=1S/C18H16N2O2/c21-17(22)11-16-12-19-20(13-14-7-3-1-4-8-14)18(16)15-9-5-2-6-10-15/h1-10,12H,11,13H2,(H,21,22). The Labute approximate surface area is 128 Å². The van der Waals surface area contributed by atoms with Gasteiger partial charge in [0.1, 0.15) is 0 Å². The van der Waals surface area contributed by atoms with Gasteiger partial charge in [-0.15, -0.1) is 0 Å². The van der Waals surface area contributed by atoms with Crippen molar-refractivity contribution in [2.75, 3.05) is 0 Å². The molecule has 3 aromatic rings. The van der Waals surface area contributed by atoms with Gasteiger partial charge in [-0.25, -0.2) is 0 Å². The molecular formula is C18H16N2O2. The fourth-order valence-corrected chi connectivity index (χ4v) is 2.52.